The number of allylic oxidation sites excluding steroid dienone is 1. The molecule has 0 aliphatic rings. The fraction of sp³-hybridized carbons (Fsp3) is 0.182. The van der Waals surface area contributed by atoms with Crippen LogP contribution in [0.25, 0.3) is 17.1 Å². The fourth-order valence-corrected chi connectivity index (χ4v) is 1.45. The quantitative estimate of drug-likeness (QED) is 0.792. The molecule has 5 heteroatoms. The lowest BCUT2D eigenvalue weighted by molar-refractivity contribution is -0.0790. The van der Waals surface area contributed by atoms with E-state index in [0.29, 0.717) is 5.56 Å². The zero-order valence-corrected chi connectivity index (χ0v) is 8.47. The van der Waals surface area contributed by atoms with Gasteiger partial charge in [-0.15, -0.1) is 0 Å². The normalized spacial score (nSPS) is 12.8. The molecule has 0 saturated carbocycles. The van der Waals surface area contributed by atoms with E-state index in [9.17, 15) is 13.2 Å². The van der Waals surface area contributed by atoms with Crippen LogP contribution in [0.3, 0.4) is 0 Å². The highest BCUT2D eigenvalue weighted by Gasteiger charge is 2.21. The lowest BCUT2D eigenvalue weighted by atomic mass is 10.2. The molecule has 1 heterocycles. The first-order valence-electron chi connectivity index (χ1n) is 4.66. The molecule has 16 heavy (non-hydrogen) atoms. The van der Waals surface area contributed by atoms with Crippen molar-refractivity contribution in [3.05, 3.63) is 35.7 Å². The van der Waals surface area contributed by atoms with E-state index in [1.807, 2.05) is 0 Å². The first kappa shape index (κ1) is 10.7. The molecule has 0 spiro atoms. The maximum absolute atomic E-state index is 12.0. The maximum atomic E-state index is 12.0. The Bertz CT molecular complexity index is 538. The van der Waals surface area contributed by atoms with Gasteiger partial charge in [-0.1, -0.05) is 12.1 Å². The number of H-pyrrole nitrogens is 1. The SMILES string of the molecule is Cc1nc2ccc(C=CC(F)(F)F)cc2[nH]1. The second kappa shape index (κ2) is 3.66. The third kappa shape index (κ3) is 2.42. The van der Waals surface area contributed by atoms with E-state index in [1.54, 1.807) is 25.1 Å². The molecule has 0 atom stereocenters. The molecule has 0 saturated heterocycles. The van der Waals surface area contributed by atoms with Gasteiger partial charge < -0.3 is 4.98 Å². The number of aromatic amines is 1. The van der Waals surface area contributed by atoms with Gasteiger partial charge in [-0.2, -0.15) is 13.2 Å². The molecule has 0 fully saturated rings. The van der Waals surface area contributed by atoms with E-state index in [4.69, 9.17) is 0 Å². The summed E-state index contributed by atoms with van der Waals surface area (Å²) in [6.45, 7) is 1.80. The molecule has 1 aromatic heterocycles. The van der Waals surface area contributed by atoms with Crippen molar-refractivity contribution >= 4 is 17.1 Å². The first-order chi connectivity index (χ1) is 7.44. The van der Waals surface area contributed by atoms with Crippen LogP contribution in [0, 0.1) is 6.92 Å². The van der Waals surface area contributed by atoms with Crippen LogP contribution in [0.1, 0.15) is 11.4 Å². The summed E-state index contributed by atoms with van der Waals surface area (Å²) in [4.78, 5) is 7.13. The fourth-order valence-electron chi connectivity index (χ4n) is 1.45. The molecule has 0 aliphatic carbocycles. The Morgan fingerprint density at radius 1 is 1.31 bits per heavy atom. The van der Waals surface area contributed by atoms with Crippen molar-refractivity contribution in [3.63, 3.8) is 0 Å². The average molecular weight is 226 g/mol. The Labute approximate surface area is 89.8 Å². The van der Waals surface area contributed by atoms with Crippen molar-refractivity contribution in [2.24, 2.45) is 0 Å². The first-order valence-corrected chi connectivity index (χ1v) is 4.66. The molecular weight excluding hydrogens is 217 g/mol. The molecule has 2 rings (SSSR count). The van der Waals surface area contributed by atoms with E-state index in [2.05, 4.69) is 9.97 Å². The number of aromatic nitrogens is 2. The summed E-state index contributed by atoms with van der Waals surface area (Å²) in [5.41, 5.74) is 1.98. The van der Waals surface area contributed by atoms with Crippen LogP contribution < -0.4 is 0 Å². The third-order valence-electron chi connectivity index (χ3n) is 2.09. The number of alkyl halides is 3. The number of nitrogens with zero attached hydrogens (tertiary/aromatic N) is 1. The smallest absolute Gasteiger partial charge is 0.342 e. The van der Waals surface area contributed by atoms with Gasteiger partial charge in [0.2, 0.25) is 0 Å². The monoisotopic (exact) mass is 226 g/mol. The highest BCUT2D eigenvalue weighted by Crippen LogP contribution is 2.20. The Hall–Kier alpha value is -1.78. The highest BCUT2D eigenvalue weighted by molar-refractivity contribution is 5.78. The van der Waals surface area contributed by atoms with E-state index >= 15 is 0 Å². The number of aryl methyl sites for hydroxylation is 1. The molecule has 0 aliphatic heterocycles. The molecule has 2 nitrogen and oxygen atoms in total. The van der Waals surface area contributed by atoms with E-state index < -0.39 is 6.18 Å². The number of fused-ring (bicyclic) bond motifs is 1. The van der Waals surface area contributed by atoms with Crippen LogP contribution in [0.5, 0.6) is 0 Å². The average Bonchev–Trinajstić information content (AvgIpc) is 2.52. The van der Waals surface area contributed by atoms with Crippen LogP contribution in [-0.2, 0) is 0 Å². The molecule has 1 N–H and O–H groups in total. The Morgan fingerprint density at radius 2 is 2.06 bits per heavy atom. The Morgan fingerprint density at radius 3 is 2.75 bits per heavy atom. The third-order valence-corrected chi connectivity index (χ3v) is 2.09. The standard InChI is InChI=1S/C11H9F3N2/c1-7-15-9-3-2-8(6-10(9)16-7)4-5-11(12,13)14/h2-6H,1H3,(H,15,16). The van der Waals surface area contributed by atoms with Crippen molar-refractivity contribution in [1.82, 2.24) is 9.97 Å². The Balaban J connectivity index is 2.36. The zero-order chi connectivity index (χ0) is 11.8. The van der Waals surface area contributed by atoms with Crippen molar-refractivity contribution in [2.45, 2.75) is 13.1 Å². The van der Waals surface area contributed by atoms with Gasteiger partial charge in [0.05, 0.1) is 11.0 Å². The topological polar surface area (TPSA) is 28.7 Å². The minimum Gasteiger partial charge on any atom is -0.342 e. The summed E-state index contributed by atoms with van der Waals surface area (Å²) in [7, 11) is 0. The van der Waals surface area contributed by atoms with Crippen LogP contribution in [0.15, 0.2) is 24.3 Å². The van der Waals surface area contributed by atoms with Gasteiger partial charge in [0, 0.05) is 6.08 Å². The van der Waals surface area contributed by atoms with Crippen molar-refractivity contribution < 1.29 is 13.2 Å². The van der Waals surface area contributed by atoms with E-state index in [1.165, 1.54) is 0 Å². The van der Waals surface area contributed by atoms with Crippen LogP contribution in [0.2, 0.25) is 0 Å². The molecule has 0 bridgehead atoms. The van der Waals surface area contributed by atoms with Crippen LogP contribution >= 0.6 is 0 Å². The minimum atomic E-state index is -4.28. The lowest BCUT2D eigenvalue weighted by Gasteiger charge is -1.98. The Kier molecular flexibility index (Phi) is 2.46. The molecule has 0 amide bonds. The molecule has 84 valence electrons. The predicted octanol–water partition coefficient (Wildman–Crippen LogP) is 3.45. The number of nitrogens with one attached hydrogen (secondary N) is 1. The summed E-state index contributed by atoms with van der Waals surface area (Å²) in [5.74, 6) is 0.743. The number of benzene rings is 1. The lowest BCUT2D eigenvalue weighted by Crippen LogP contribution is -2.00. The molecular formula is C11H9F3N2. The van der Waals surface area contributed by atoms with Crippen molar-refractivity contribution in [3.8, 4) is 0 Å². The number of rotatable bonds is 1. The summed E-state index contributed by atoms with van der Waals surface area (Å²) < 4.78 is 35.9. The maximum Gasteiger partial charge on any atom is 0.409 e. The zero-order valence-electron chi connectivity index (χ0n) is 8.47. The summed E-state index contributed by atoms with van der Waals surface area (Å²) in [6.07, 6.45) is -3.02. The van der Waals surface area contributed by atoms with Gasteiger partial charge in [-0.05, 0) is 24.6 Å². The highest BCUT2D eigenvalue weighted by atomic mass is 19.4. The summed E-state index contributed by atoms with van der Waals surface area (Å²) in [5, 5.41) is 0. The summed E-state index contributed by atoms with van der Waals surface area (Å²) in [6, 6.07) is 4.93. The molecule has 1 aromatic carbocycles. The number of halogens is 3. The van der Waals surface area contributed by atoms with Crippen molar-refractivity contribution in [2.75, 3.05) is 0 Å². The molecule has 0 radical (unpaired) electrons. The van der Waals surface area contributed by atoms with Crippen LogP contribution in [-0.4, -0.2) is 16.1 Å². The molecule has 2 aromatic rings. The minimum absolute atomic E-state index is 0.220. The van der Waals surface area contributed by atoms with Gasteiger partial charge in [0.25, 0.3) is 0 Å². The van der Waals surface area contributed by atoms with Gasteiger partial charge in [0.15, 0.2) is 0 Å². The van der Waals surface area contributed by atoms with Gasteiger partial charge in [0.1, 0.15) is 5.82 Å². The van der Waals surface area contributed by atoms with Crippen LogP contribution in [0.4, 0.5) is 13.2 Å². The van der Waals surface area contributed by atoms with Crippen molar-refractivity contribution in [1.29, 1.82) is 0 Å². The number of imidazole rings is 1. The number of hydrogen-bond acceptors (Lipinski definition) is 1. The number of hydrogen-bond donors (Lipinski definition) is 1. The van der Waals surface area contributed by atoms with E-state index in [0.717, 1.165) is 22.9 Å². The van der Waals surface area contributed by atoms with Gasteiger partial charge in [-0.25, -0.2) is 4.98 Å². The molecule has 0 unspecified atom stereocenters. The second-order valence-corrected chi connectivity index (χ2v) is 3.47. The van der Waals surface area contributed by atoms with Gasteiger partial charge in [-0.3, -0.25) is 0 Å². The van der Waals surface area contributed by atoms with E-state index in [-0.39, 0.29) is 6.08 Å². The summed E-state index contributed by atoms with van der Waals surface area (Å²) >= 11 is 0. The van der Waals surface area contributed by atoms with Gasteiger partial charge >= 0.3 is 6.18 Å². The largest absolute Gasteiger partial charge is 0.409 e. The predicted molar refractivity (Wildman–Crippen MR) is 55.9 cm³/mol. The second-order valence-electron chi connectivity index (χ2n) is 3.47.